The number of hydrogen-bond donors (Lipinski definition) is 1. The lowest BCUT2D eigenvalue weighted by Gasteiger charge is -2.18. The molecule has 1 aliphatic rings. The van der Waals surface area contributed by atoms with Crippen LogP contribution in [0.4, 0.5) is 11.4 Å². The number of anilines is 2. The fourth-order valence-corrected chi connectivity index (χ4v) is 3.99. The molecule has 0 aromatic heterocycles. The molecule has 9 heteroatoms. The molecule has 30 heavy (non-hydrogen) atoms. The Morgan fingerprint density at radius 2 is 1.93 bits per heavy atom. The quantitative estimate of drug-likeness (QED) is 0.576. The molecule has 1 N–H and O–H groups in total. The van der Waals surface area contributed by atoms with E-state index in [4.69, 9.17) is 27.9 Å². The van der Waals surface area contributed by atoms with Crippen molar-refractivity contribution < 1.29 is 19.1 Å². The zero-order valence-electron chi connectivity index (χ0n) is 16.3. The lowest BCUT2D eigenvalue weighted by Crippen LogP contribution is -2.28. The number of hydrogen-bond acceptors (Lipinski definition) is 4. The van der Waals surface area contributed by atoms with Crippen LogP contribution in [-0.2, 0) is 19.1 Å². The fourth-order valence-electron chi connectivity index (χ4n) is 3.15. The Hall–Kier alpha value is -2.09. The summed E-state index contributed by atoms with van der Waals surface area (Å²) in [7, 11) is 0. The van der Waals surface area contributed by atoms with Gasteiger partial charge in [0.15, 0.2) is 6.61 Å². The molecule has 2 amide bonds. The van der Waals surface area contributed by atoms with Gasteiger partial charge in [-0.05, 0) is 55.3 Å². The average molecular weight is 514 g/mol. The summed E-state index contributed by atoms with van der Waals surface area (Å²) >= 11 is 15.6. The van der Waals surface area contributed by atoms with Crippen LogP contribution in [0.5, 0.6) is 0 Å². The van der Waals surface area contributed by atoms with E-state index in [1.807, 2.05) is 26.0 Å². The lowest BCUT2D eigenvalue weighted by atomic mass is 10.1. The summed E-state index contributed by atoms with van der Waals surface area (Å²) in [5.41, 5.74) is 2.94. The number of carbonyl (C=O) groups is 3. The molecule has 1 atom stereocenters. The second-order valence-electron chi connectivity index (χ2n) is 7.07. The third-order valence-corrected chi connectivity index (χ3v) is 6.19. The van der Waals surface area contributed by atoms with E-state index in [1.165, 1.54) is 4.90 Å². The molecule has 1 heterocycles. The van der Waals surface area contributed by atoms with E-state index in [-0.39, 0.29) is 18.9 Å². The van der Waals surface area contributed by atoms with Crippen molar-refractivity contribution in [1.82, 2.24) is 0 Å². The van der Waals surface area contributed by atoms with Crippen LogP contribution in [0.3, 0.4) is 0 Å². The van der Waals surface area contributed by atoms with Gasteiger partial charge in [0, 0.05) is 28.1 Å². The minimum Gasteiger partial charge on any atom is -0.455 e. The highest BCUT2D eigenvalue weighted by Crippen LogP contribution is 2.33. The summed E-state index contributed by atoms with van der Waals surface area (Å²) in [6.45, 7) is 3.46. The van der Waals surface area contributed by atoms with Crippen molar-refractivity contribution in [2.45, 2.75) is 20.3 Å². The summed E-state index contributed by atoms with van der Waals surface area (Å²) in [5.74, 6) is -2.00. The number of carbonyl (C=O) groups excluding carboxylic acids is 3. The van der Waals surface area contributed by atoms with Gasteiger partial charge in [-0.3, -0.25) is 14.4 Å². The number of nitrogens with one attached hydrogen (secondary N) is 1. The SMILES string of the molecule is Cc1cc(NC(=O)COC(=O)[C@@H]2CC(=O)N(c3cc(Cl)ccc3Cl)C2)c(C)cc1Br. The predicted molar refractivity (Wildman–Crippen MR) is 120 cm³/mol. The Labute approximate surface area is 192 Å². The largest absolute Gasteiger partial charge is 0.455 e. The van der Waals surface area contributed by atoms with Crippen molar-refractivity contribution in [2.24, 2.45) is 5.92 Å². The molecular weight excluding hydrogens is 495 g/mol. The number of aryl methyl sites for hydroxylation is 2. The molecule has 0 bridgehead atoms. The van der Waals surface area contributed by atoms with Crippen LogP contribution in [0.2, 0.25) is 10.0 Å². The number of esters is 1. The van der Waals surface area contributed by atoms with Crippen molar-refractivity contribution in [1.29, 1.82) is 0 Å². The first-order valence-corrected chi connectivity index (χ1v) is 10.7. The minimum absolute atomic E-state index is 0.0195. The molecule has 6 nitrogen and oxygen atoms in total. The number of halogens is 3. The van der Waals surface area contributed by atoms with Gasteiger partial charge in [0.25, 0.3) is 5.91 Å². The standard InChI is InChI=1S/C21H19BrCl2N2O4/c1-11-6-17(12(2)5-15(11)22)25-19(27)10-30-21(29)13-7-20(28)26(9-13)18-8-14(23)3-4-16(18)24/h3-6,8,13H,7,9-10H2,1-2H3,(H,25,27)/t13-/m1/s1. The Balaban J connectivity index is 1.58. The second-order valence-corrected chi connectivity index (χ2v) is 8.77. The van der Waals surface area contributed by atoms with Gasteiger partial charge in [0.05, 0.1) is 16.6 Å². The number of nitrogens with zero attached hydrogens (tertiary/aromatic N) is 1. The Morgan fingerprint density at radius 3 is 2.67 bits per heavy atom. The number of rotatable bonds is 5. The van der Waals surface area contributed by atoms with E-state index in [2.05, 4.69) is 21.2 Å². The van der Waals surface area contributed by atoms with E-state index in [0.717, 1.165) is 15.6 Å². The van der Waals surface area contributed by atoms with Gasteiger partial charge in [-0.25, -0.2) is 0 Å². The molecular formula is C21H19BrCl2N2O4. The molecule has 0 aliphatic carbocycles. The Morgan fingerprint density at radius 1 is 1.20 bits per heavy atom. The lowest BCUT2D eigenvalue weighted by molar-refractivity contribution is -0.151. The summed E-state index contributed by atoms with van der Waals surface area (Å²) in [5, 5.41) is 3.53. The summed E-state index contributed by atoms with van der Waals surface area (Å²) in [4.78, 5) is 38.4. The fraction of sp³-hybridized carbons (Fsp3) is 0.286. The van der Waals surface area contributed by atoms with Crippen molar-refractivity contribution >= 4 is 68.3 Å². The summed E-state index contributed by atoms with van der Waals surface area (Å²) < 4.78 is 6.09. The molecule has 0 saturated carbocycles. The van der Waals surface area contributed by atoms with Crippen LogP contribution in [0.15, 0.2) is 34.8 Å². The third kappa shape index (κ3) is 5.14. The van der Waals surface area contributed by atoms with Crippen LogP contribution < -0.4 is 10.2 Å². The second kappa shape index (κ2) is 9.37. The van der Waals surface area contributed by atoms with Gasteiger partial charge in [-0.1, -0.05) is 39.1 Å². The van der Waals surface area contributed by atoms with E-state index in [1.54, 1.807) is 18.2 Å². The third-order valence-electron chi connectivity index (χ3n) is 4.78. The molecule has 3 rings (SSSR count). The van der Waals surface area contributed by atoms with E-state index >= 15 is 0 Å². The van der Waals surface area contributed by atoms with Gasteiger partial charge >= 0.3 is 5.97 Å². The highest BCUT2D eigenvalue weighted by Gasteiger charge is 2.37. The normalized spacial score (nSPS) is 16.0. The number of benzene rings is 2. The first-order valence-electron chi connectivity index (χ1n) is 9.14. The zero-order valence-corrected chi connectivity index (χ0v) is 19.4. The molecule has 0 unspecified atom stereocenters. The van der Waals surface area contributed by atoms with Gasteiger partial charge in [-0.2, -0.15) is 0 Å². The van der Waals surface area contributed by atoms with E-state index < -0.39 is 24.4 Å². The van der Waals surface area contributed by atoms with Gasteiger partial charge in [-0.15, -0.1) is 0 Å². The van der Waals surface area contributed by atoms with Gasteiger partial charge in [0.2, 0.25) is 5.91 Å². The van der Waals surface area contributed by atoms with Crippen molar-refractivity contribution in [3.05, 3.63) is 56.0 Å². The molecule has 0 spiro atoms. The van der Waals surface area contributed by atoms with Gasteiger partial charge in [0.1, 0.15) is 0 Å². The van der Waals surface area contributed by atoms with Crippen LogP contribution in [-0.4, -0.2) is 30.9 Å². The maximum Gasteiger partial charge on any atom is 0.311 e. The van der Waals surface area contributed by atoms with Crippen LogP contribution in [0.1, 0.15) is 17.5 Å². The van der Waals surface area contributed by atoms with Gasteiger partial charge < -0.3 is 15.0 Å². The summed E-state index contributed by atoms with van der Waals surface area (Å²) in [6.07, 6.45) is -0.0195. The predicted octanol–water partition coefficient (Wildman–Crippen LogP) is 4.91. The maximum atomic E-state index is 12.4. The van der Waals surface area contributed by atoms with Crippen LogP contribution in [0, 0.1) is 19.8 Å². The molecule has 0 radical (unpaired) electrons. The van der Waals surface area contributed by atoms with Crippen molar-refractivity contribution in [3.63, 3.8) is 0 Å². The van der Waals surface area contributed by atoms with E-state index in [0.29, 0.717) is 21.4 Å². The van der Waals surface area contributed by atoms with E-state index in [9.17, 15) is 14.4 Å². The zero-order chi connectivity index (χ0) is 22.0. The van der Waals surface area contributed by atoms with Crippen LogP contribution >= 0.6 is 39.1 Å². The topological polar surface area (TPSA) is 75.7 Å². The number of ether oxygens (including phenoxy) is 1. The number of amides is 2. The molecule has 1 saturated heterocycles. The Kier molecular flexibility index (Phi) is 7.06. The molecule has 1 fully saturated rings. The van der Waals surface area contributed by atoms with Crippen molar-refractivity contribution in [2.75, 3.05) is 23.4 Å². The molecule has 2 aromatic rings. The first kappa shape index (κ1) is 22.6. The Bertz CT molecular complexity index is 1030. The highest BCUT2D eigenvalue weighted by molar-refractivity contribution is 9.10. The molecule has 158 valence electrons. The average Bonchev–Trinajstić information content (AvgIpc) is 3.07. The monoisotopic (exact) mass is 512 g/mol. The highest BCUT2D eigenvalue weighted by atomic mass is 79.9. The smallest absolute Gasteiger partial charge is 0.311 e. The summed E-state index contributed by atoms with van der Waals surface area (Å²) in [6, 6.07) is 8.52. The molecule has 2 aromatic carbocycles. The van der Waals surface area contributed by atoms with Crippen molar-refractivity contribution in [3.8, 4) is 0 Å². The maximum absolute atomic E-state index is 12.4. The first-order chi connectivity index (χ1) is 14.2. The van der Waals surface area contributed by atoms with Crippen LogP contribution in [0.25, 0.3) is 0 Å². The minimum atomic E-state index is -0.683. The molecule has 1 aliphatic heterocycles.